The van der Waals surface area contributed by atoms with E-state index in [1.54, 1.807) is 6.20 Å². The molecule has 3 heterocycles. The maximum atomic E-state index is 12.7. The maximum Gasteiger partial charge on any atom is 0.254 e. The molecule has 0 aliphatic carbocycles. The van der Waals surface area contributed by atoms with Crippen LogP contribution in [0.3, 0.4) is 0 Å². The van der Waals surface area contributed by atoms with Crippen molar-refractivity contribution in [1.82, 2.24) is 15.2 Å². The van der Waals surface area contributed by atoms with Crippen LogP contribution >= 0.6 is 0 Å². The molecule has 2 saturated heterocycles. The van der Waals surface area contributed by atoms with Crippen molar-refractivity contribution < 1.29 is 4.79 Å². The third kappa shape index (κ3) is 2.57. The van der Waals surface area contributed by atoms with Gasteiger partial charge in [0.15, 0.2) is 0 Å². The number of pyridine rings is 1. The number of aromatic nitrogens is 1. The molecule has 2 aliphatic rings. The van der Waals surface area contributed by atoms with Gasteiger partial charge in [0.25, 0.3) is 5.91 Å². The SMILES string of the molecule is CCN(C(=O)c1ccnc(C)c1)C1CC2CCC(C1)N2. The normalized spacial score (nSPS) is 28.4. The average molecular weight is 273 g/mol. The predicted molar refractivity (Wildman–Crippen MR) is 78.7 cm³/mol. The van der Waals surface area contributed by atoms with Crippen molar-refractivity contribution >= 4 is 5.91 Å². The molecule has 108 valence electrons. The number of fused-ring (bicyclic) bond motifs is 2. The van der Waals surface area contributed by atoms with E-state index in [-0.39, 0.29) is 5.91 Å². The third-order valence-corrected chi connectivity index (χ3v) is 4.63. The first-order valence-corrected chi connectivity index (χ1v) is 7.67. The Morgan fingerprint density at radius 1 is 1.40 bits per heavy atom. The van der Waals surface area contributed by atoms with Crippen LogP contribution in [0.15, 0.2) is 18.3 Å². The second-order valence-corrected chi connectivity index (χ2v) is 6.04. The minimum Gasteiger partial charge on any atom is -0.336 e. The molecule has 1 amide bonds. The van der Waals surface area contributed by atoms with Crippen LogP contribution in [-0.2, 0) is 0 Å². The van der Waals surface area contributed by atoms with E-state index in [0.717, 1.165) is 30.6 Å². The number of rotatable bonds is 3. The zero-order chi connectivity index (χ0) is 14.1. The Hall–Kier alpha value is -1.42. The second-order valence-electron chi connectivity index (χ2n) is 6.04. The Morgan fingerprint density at radius 2 is 2.10 bits per heavy atom. The van der Waals surface area contributed by atoms with Crippen molar-refractivity contribution in [2.45, 2.75) is 57.7 Å². The molecule has 0 spiro atoms. The second kappa shape index (κ2) is 5.52. The number of nitrogens with one attached hydrogen (secondary N) is 1. The van der Waals surface area contributed by atoms with Gasteiger partial charge in [-0.25, -0.2) is 0 Å². The zero-order valence-electron chi connectivity index (χ0n) is 12.3. The molecule has 1 N–H and O–H groups in total. The molecule has 4 nitrogen and oxygen atoms in total. The predicted octanol–water partition coefficient (Wildman–Crippen LogP) is 2.14. The lowest BCUT2D eigenvalue weighted by Crippen LogP contribution is -2.50. The molecule has 2 bridgehead atoms. The smallest absolute Gasteiger partial charge is 0.254 e. The monoisotopic (exact) mass is 273 g/mol. The van der Waals surface area contributed by atoms with Crippen LogP contribution in [0.1, 0.15) is 48.7 Å². The molecule has 20 heavy (non-hydrogen) atoms. The van der Waals surface area contributed by atoms with Gasteiger partial charge in [0.05, 0.1) is 0 Å². The summed E-state index contributed by atoms with van der Waals surface area (Å²) in [6, 6.07) is 5.33. The number of carbonyl (C=O) groups is 1. The van der Waals surface area contributed by atoms with Crippen LogP contribution in [-0.4, -0.2) is 40.5 Å². The molecule has 2 atom stereocenters. The summed E-state index contributed by atoms with van der Waals surface area (Å²) in [4.78, 5) is 19.0. The molecule has 1 aromatic heterocycles. The molecule has 3 rings (SSSR count). The van der Waals surface area contributed by atoms with Gasteiger partial charge < -0.3 is 10.2 Å². The summed E-state index contributed by atoms with van der Waals surface area (Å²) in [5.41, 5.74) is 1.67. The summed E-state index contributed by atoms with van der Waals surface area (Å²) < 4.78 is 0. The van der Waals surface area contributed by atoms with Crippen LogP contribution in [0.2, 0.25) is 0 Å². The fourth-order valence-electron chi connectivity index (χ4n) is 3.69. The Balaban J connectivity index is 1.77. The molecule has 0 aromatic carbocycles. The Labute approximate surface area is 120 Å². The van der Waals surface area contributed by atoms with E-state index in [4.69, 9.17) is 0 Å². The summed E-state index contributed by atoms with van der Waals surface area (Å²) in [7, 11) is 0. The lowest BCUT2D eigenvalue weighted by Gasteiger charge is -2.37. The summed E-state index contributed by atoms with van der Waals surface area (Å²) in [6.45, 7) is 4.79. The third-order valence-electron chi connectivity index (χ3n) is 4.63. The summed E-state index contributed by atoms with van der Waals surface area (Å²) in [6.07, 6.45) is 6.45. The topological polar surface area (TPSA) is 45.2 Å². The highest BCUT2D eigenvalue weighted by molar-refractivity contribution is 5.94. The molecule has 2 fully saturated rings. The van der Waals surface area contributed by atoms with Crippen molar-refractivity contribution in [2.75, 3.05) is 6.54 Å². The van der Waals surface area contributed by atoms with Gasteiger partial charge in [-0.15, -0.1) is 0 Å². The lowest BCUT2D eigenvalue weighted by molar-refractivity contribution is 0.0631. The fourth-order valence-corrected chi connectivity index (χ4v) is 3.69. The van der Waals surface area contributed by atoms with Crippen molar-refractivity contribution in [3.8, 4) is 0 Å². The largest absolute Gasteiger partial charge is 0.336 e. The quantitative estimate of drug-likeness (QED) is 0.917. The number of hydrogen-bond donors (Lipinski definition) is 1. The zero-order valence-corrected chi connectivity index (χ0v) is 12.3. The number of piperidine rings is 1. The number of nitrogens with zero attached hydrogens (tertiary/aromatic N) is 2. The highest BCUT2D eigenvalue weighted by Crippen LogP contribution is 2.30. The Kier molecular flexibility index (Phi) is 3.74. The van der Waals surface area contributed by atoms with Crippen LogP contribution in [0, 0.1) is 6.92 Å². The average Bonchev–Trinajstić information content (AvgIpc) is 2.78. The molecular weight excluding hydrogens is 250 g/mol. The first-order valence-electron chi connectivity index (χ1n) is 7.67. The van der Waals surface area contributed by atoms with Crippen molar-refractivity contribution in [3.05, 3.63) is 29.6 Å². The van der Waals surface area contributed by atoms with Crippen molar-refractivity contribution in [1.29, 1.82) is 0 Å². The van der Waals surface area contributed by atoms with Crippen molar-refractivity contribution in [3.63, 3.8) is 0 Å². The van der Waals surface area contributed by atoms with E-state index < -0.39 is 0 Å². The molecule has 2 unspecified atom stereocenters. The molecule has 2 aliphatic heterocycles. The lowest BCUT2D eigenvalue weighted by atomic mass is 9.97. The molecule has 1 aromatic rings. The Bertz CT molecular complexity index is 490. The van der Waals surface area contributed by atoms with Crippen LogP contribution in [0.25, 0.3) is 0 Å². The maximum absolute atomic E-state index is 12.7. The van der Waals surface area contributed by atoms with E-state index >= 15 is 0 Å². The van der Waals surface area contributed by atoms with Gasteiger partial charge >= 0.3 is 0 Å². The van der Waals surface area contributed by atoms with E-state index in [9.17, 15) is 4.79 Å². The summed E-state index contributed by atoms with van der Waals surface area (Å²) >= 11 is 0. The summed E-state index contributed by atoms with van der Waals surface area (Å²) in [5, 5.41) is 3.64. The van der Waals surface area contributed by atoms with E-state index in [1.807, 2.05) is 19.1 Å². The number of amides is 1. The van der Waals surface area contributed by atoms with E-state index in [0.29, 0.717) is 18.1 Å². The minimum absolute atomic E-state index is 0.157. The van der Waals surface area contributed by atoms with Gasteiger partial charge in [-0.2, -0.15) is 0 Å². The van der Waals surface area contributed by atoms with E-state index in [1.165, 1.54) is 12.8 Å². The number of carbonyl (C=O) groups excluding carboxylic acids is 1. The van der Waals surface area contributed by atoms with Gasteiger partial charge in [0.1, 0.15) is 0 Å². The van der Waals surface area contributed by atoms with Crippen LogP contribution < -0.4 is 5.32 Å². The first-order chi connectivity index (χ1) is 9.67. The molecule has 0 radical (unpaired) electrons. The Morgan fingerprint density at radius 3 is 2.70 bits per heavy atom. The highest BCUT2D eigenvalue weighted by atomic mass is 16.2. The van der Waals surface area contributed by atoms with Gasteiger partial charge in [0, 0.05) is 42.1 Å². The highest BCUT2D eigenvalue weighted by Gasteiger charge is 2.37. The first kappa shape index (κ1) is 13.6. The molecular formula is C16H23N3O. The van der Waals surface area contributed by atoms with Gasteiger partial charge in [-0.05, 0) is 51.7 Å². The van der Waals surface area contributed by atoms with E-state index in [2.05, 4.69) is 22.1 Å². The van der Waals surface area contributed by atoms with Crippen LogP contribution in [0.4, 0.5) is 0 Å². The minimum atomic E-state index is 0.157. The number of hydrogen-bond acceptors (Lipinski definition) is 3. The number of aryl methyl sites for hydroxylation is 1. The fraction of sp³-hybridized carbons (Fsp3) is 0.625. The molecule has 0 saturated carbocycles. The van der Waals surface area contributed by atoms with Crippen molar-refractivity contribution in [2.24, 2.45) is 0 Å². The molecule has 4 heteroatoms. The van der Waals surface area contributed by atoms with Gasteiger partial charge in [-0.3, -0.25) is 9.78 Å². The standard InChI is InChI=1S/C16H23N3O/c1-3-19(15-9-13-4-5-14(10-15)18-13)16(20)12-6-7-17-11(2)8-12/h6-8,13-15,18H,3-5,9-10H2,1-2H3. The summed E-state index contributed by atoms with van der Waals surface area (Å²) in [5.74, 6) is 0.157. The van der Waals surface area contributed by atoms with Gasteiger partial charge in [0.2, 0.25) is 0 Å². The van der Waals surface area contributed by atoms with Crippen LogP contribution in [0.5, 0.6) is 0 Å². The van der Waals surface area contributed by atoms with Gasteiger partial charge in [-0.1, -0.05) is 0 Å².